The normalized spacial score (nSPS) is 32.1. The van der Waals surface area contributed by atoms with Gasteiger partial charge in [0.25, 0.3) is 0 Å². The molecule has 0 spiro atoms. The van der Waals surface area contributed by atoms with Crippen molar-refractivity contribution in [1.82, 2.24) is 0 Å². The summed E-state index contributed by atoms with van der Waals surface area (Å²) in [7, 11) is 0. The Kier molecular flexibility index (Phi) is 5.04. The third-order valence-corrected chi connectivity index (χ3v) is 4.87. The molecule has 1 aliphatic heterocycles. The Hall–Kier alpha value is -1.64. The van der Waals surface area contributed by atoms with Crippen LogP contribution < -0.4 is 4.74 Å². The van der Waals surface area contributed by atoms with Crippen LogP contribution in [-0.4, -0.2) is 62.8 Å². The maximum atomic E-state index is 10.3. The molecule has 7 heteroatoms. The molecule has 1 heterocycles. The van der Waals surface area contributed by atoms with Gasteiger partial charge < -0.3 is 35.0 Å². The Bertz CT molecular complexity index is 682. The van der Waals surface area contributed by atoms with Crippen molar-refractivity contribution in [3.63, 3.8) is 0 Å². The first-order chi connectivity index (χ1) is 11.8. The van der Waals surface area contributed by atoms with Crippen LogP contribution in [0.5, 0.6) is 11.5 Å². The first-order valence-corrected chi connectivity index (χ1v) is 8.30. The molecule has 1 aromatic rings. The molecule has 0 amide bonds. The van der Waals surface area contributed by atoms with Gasteiger partial charge in [-0.15, -0.1) is 0 Å². The average Bonchev–Trinajstić information content (AvgIpc) is 2.59. The first kappa shape index (κ1) is 18.2. The van der Waals surface area contributed by atoms with Crippen molar-refractivity contribution in [3.8, 4) is 11.5 Å². The summed E-state index contributed by atoms with van der Waals surface area (Å²) in [5, 5.41) is 49.5. The highest BCUT2D eigenvalue weighted by molar-refractivity contribution is 5.56. The smallest absolute Gasteiger partial charge is 0.229 e. The zero-order chi connectivity index (χ0) is 18.3. The van der Waals surface area contributed by atoms with E-state index in [1.54, 1.807) is 13.0 Å². The number of aromatic hydroxyl groups is 1. The molecule has 5 unspecified atom stereocenters. The van der Waals surface area contributed by atoms with Gasteiger partial charge in [0.2, 0.25) is 6.29 Å². The fourth-order valence-electron chi connectivity index (χ4n) is 3.32. The molecule has 5 atom stereocenters. The second kappa shape index (κ2) is 6.93. The molecule has 1 fully saturated rings. The van der Waals surface area contributed by atoms with Crippen molar-refractivity contribution >= 4 is 0 Å². The van der Waals surface area contributed by atoms with Gasteiger partial charge in [-0.2, -0.15) is 0 Å². The fraction of sp³-hybridized carbons (Fsp3) is 0.556. The van der Waals surface area contributed by atoms with Crippen molar-refractivity contribution in [2.75, 3.05) is 6.61 Å². The Morgan fingerprint density at radius 2 is 1.84 bits per heavy atom. The molecule has 5 N–H and O–H groups in total. The van der Waals surface area contributed by atoms with E-state index in [1.165, 1.54) is 0 Å². The second-order valence-electron chi connectivity index (χ2n) is 6.74. The van der Waals surface area contributed by atoms with E-state index in [0.29, 0.717) is 24.2 Å². The number of phenols is 1. The van der Waals surface area contributed by atoms with Gasteiger partial charge in [0.1, 0.15) is 35.9 Å². The molecule has 0 saturated carbocycles. The summed E-state index contributed by atoms with van der Waals surface area (Å²) in [6, 6.07) is 1.66. The largest absolute Gasteiger partial charge is 0.507 e. The molecular formula is C18H24O7. The number of rotatable bonds is 3. The third kappa shape index (κ3) is 3.26. The van der Waals surface area contributed by atoms with Gasteiger partial charge in [-0.3, -0.25) is 0 Å². The molecule has 1 aliphatic carbocycles. The molecule has 0 bridgehead atoms. The number of aliphatic hydroxyl groups is 4. The number of hydrogen-bond donors (Lipinski definition) is 5. The number of benzene rings is 1. The molecule has 0 radical (unpaired) electrons. The van der Waals surface area contributed by atoms with E-state index >= 15 is 0 Å². The van der Waals surface area contributed by atoms with Gasteiger partial charge in [-0.1, -0.05) is 11.6 Å². The van der Waals surface area contributed by atoms with Gasteiger partial charge in [-0.25, -0.2) is 0 Å². The van der Waals surface area contributed by atoms with Gasteiger partial charge in [0, 0.05) is 11.1 Å². The summed E-state index contributed by atoms with van der Waals surface area (Å²) in [5.41, 5.74) is 3.35. The van der Waals surface area contributed by atoms with Crippen LogP contribution in [0.1, 0.15) is 23.6 Å². The number of ether oxygens (including phenoxy) is 2. The highest BCUT2D eigenvalue weighted by atomic mass is 16.7. The van der Waals surface area contributed by atoms with Gasteiger partial charge >= 0.3 is 0 Å². The number of phenolic OH excluding ortho intramolecular Hbond substituents is 1. The minimum atomic E-state index is -1.49. The lowest BCUT2D eigenvalue weighted by molar-refractivity contribution is -0.277. The van der Waals surface area contributed by atoms with Crippen molar-refractivity contribution in [1.29, 1.82) is 0 Å². The van der Waals surface area contributed by atoms with Crippen molar-refractivity contribution in [3.05, 3.63) is 34.4 Å². The molecule has 0 aromatic heterocycles. The topological polar surface area (TPSA) is 120 Å². The lowest BCUT2D eigenvalue weighted by Gasteiger charge is -2.40. The minimum Gasteiger partial charge on any atom is -0.507 e. The standard InChI is InChI=1S/C18H24O7/c1-8-3-4-10-11(5-8)14(20)9(2)6-12(10)24-18-17(23)16(22)15(21)13(7-19)25-18/h3,6,13,15-23H,4-5,7H2,1-2H3. The SMILES string of the molecule is CC1=CCc2c(OC3OC(CO)C(O)C(O)C3O)cc(C)c(O)c2C1. The Morgan fingerprint density at radius 1 is 1.12 bits per heavy atom. The molecule has 1 aromatic carbocycles. The summed E-state index contributed by atoms with van der Waals surface area (Å²) in [5.74, 6) is 0.669. The summed E-state index contributed by atoms with van der Waals surface area (Å²) in [6.45, 7) is 3.23. The first-order valence-electron chi connectivity index (χ1n) is 8.30. The van der Waals surface area contributed by atoms with E-state index < -0.39 is 37.3 Å². The van der Waals surface area contributed by atoms with Crippen LogP contribution in [0, 0.1) is 6.92 Å². The monoisotopic (exact) mass is 352 g/mol. The van der Waals surface area contributed by atoms with Gasteiger partial charge in [-0.05, 0) is 38.3 Å². The lowest BCUT2D eigenvalue weighted by Crippen LogP contribution is -2.60. The molecule has 7 nitrogen and oxygen atoms in total. The van der Waals surface area contributed by atoms with Crippen LogP contribution >= 0.6 is 0 Å². The van der Waals surface area contributed by atoms with Crippen molar-refractivity contribution < 1.29 is 35.0 Å². The van der Waals surface area contributed by atoms with E-state index in [4.69, 9.17) is 9.47 Å². The Morgan fingerprint density at radius 3 is 2.52 bits per heavy atom. The average molecular weight is 352 g/mol. The lowest BCUT2D eigenvalue weighted by atomic mass is 9.89. The van der Waals surface area contributed by atoms with Crippen LogP contribution in [-0.2, 0) is 17.6 Å². The van der Waals surface area contributed by atoms with Crippen LogP contribution in [0.3, 0.4) is 0 Å². The van der Waals surface area contributed by atoms with Crippen LogP contribution in [0.4, 0.5) is 0 Å². The summed E-state index contributed by atoms with van der Waals surface area (Å²) in [6.07, 6.45) is -3.45. The fourth-order valence-corrected chi connectivity index (χ4v) is 3.32. The molecule has 3 rings (SSSR count). The molecule has 25 heavy (non-hydrogen) atoms. The van der Waals surface area contributed by atoms with Crippen LogP contribution in [0.15, 0.2) is 17.7 Å². The van der Waals surface area contributed by atoms with Crippen molar-refractivity contribution in [2.45, 2.75) is 57.4 Å². The Labute approximate surface area is 145 Å². The number of aryl methyl sites for hydroxylation is 1. The van der Waals surface area contributed by atoms with Crippen LogP contribution in [0.25, 0.3) is 0 Å². The van der Waals surface area contributed by atoms with Gasteiger partial charge in [0.05, 0.1) is 6.61 Å². The molecule has 1 saturated heterocycles. The van der Waals surface area contributed by atoms with E-state index in [-0.39, 0.29) is 5.75 Å². The van der Waals surface area contributed by atoms with E-state index in [9.17, 15) is 25.5 Å². The number of hydrogen-bond acceptors (Lipinski definition) is 7. The second-order valence-corrected chi connectivity index (χ2v) is 6.74. The number of fused-ring (bicyclic) bond motifs is 1. The highest BCUT2D eigenvalue weighted by Gasteiger charge is 2.45. The number of allylic oxidation sites excluding steroid dienone is 2. The highest BCUT2D eigenvalue weighted by Crippen LogP contribution is 2.39. The molecule has 2 aliphatic rings. The van der Waals surface area contributed by atoms with E-state index in [0.717, 1.165) is 16.7 Å². The zero-order valence-corrected chi connectivity index (χ0v) is 14.2. The maximum absolute atomic E-state index is 10.3. The third-order valence-electron chi connectivity index (χ3n) is 4.87. The van der Waals surface area contributed by atoms with Crippen LogP contribution in [0.2, 0.25) is 0 Å². The maximum Gasteiger partial charge on any atom is 0.229 e. The summed E-state index contributed by atoms with van der Waals surface area (Å²) < 4.78 is 11.2. The van der Waals surface area contributed by atoms with E-state index in [1.807, 2.05) is 13.0 Å². The quantitative estimate of drug-likeness (QED) is 0.483. The number of aliphatic hydroxyl groups excluding tert-OH is 4. The zero-order valence-electron chi connectivity index (χ0n) is 14.2. The summed E-state index contributed by atoms with van der Waals surface area (Å²) in [4.78, 5) is 0. The Balaban J connectivity index is 1.91. The van der Waals surface area contributed by atoms with E-state index in [2.05, 4.69) is 0 Å². The predicted molar refractivity (Wildman–Crippen MR) is 88.4 cm³/mol. The van der Waals surface area contributed by atoms with Gasteiger partial charge in [0.15, 0.2) is 0 Å². The summed E-state index contributed by atoms with van der Waals surface area (Å²) >= 11 is 0. The molecule has 138 valence electrons. The van der Waals surface area contributed by atoms with Crippen molar-refractivity contribution in [2.24, 2.45) is 0 Å². The minimum absolute atomic E-state index is 0.226. The molecular weight excluding hydrogens is 328 g/mol. The predicted octanol–water partition coefficient (Wildman–Crippen LogP) is -0.0758.